The first-order chi connectivity index (χ1) is 14.1. The van der Waals surface area contributed by atoms with E-state index < -0.39 is 0 Å². The highest BCUT2D eigenvalue weighted by Crippen LogP contribution is 2.26. The van der Waals surface area contributed by atoms with E-state index in [1.54, 1.807) is 6.20 Å². The summed E-state index contributed by atoms with van der Waals surface area (Å²) in [5.41, 5.74) is 0.813. The second kappa shape index (κ2) is 8.82. The minimum atomic E-state index is -0.361. The molecule has 1 saturated heterocycles. The first-order valence-corrected chi connectivity index (χ1v) is 9.96. The van der Waals surface area contributed by atoms with E-state index in [0.29, 0.717) is 31.1 Å². The fraction of sp³-hybridized carbons (Fsp3) is 0.333. The Balaban J connectivity index is 1.56. The summed E-state index contributed by atoms with van der Waals surface area (Å²) >= 11 is 6.37. The smallest absolute Gasteiger partial charge is 0.292 e. The number of nitrogens with one attached hydrogen (secondary N) is 1. The molecule has 0 saturated carbocycles. The van der Waals surface area contributed by atoms with Crippen LogP contribution in [0.1, 0.15) is 17.6 Å². The van der Waals surface area contributed by atoms with E-state index in [9.17, 15) is 4.79 Å². The van der Waals surface area contributed by atoms with Gasteiger partial charge in [-0.1, -0.05) is 29.8 Å². The highest BCUT2D eigenvalue weighted by molar-refractivity contribution is 6.32. The molecule has 8 heteroatoms. The number of halogens is 1. The van der Waals surface area contributed by atoms with Gasteiger partial charge in [-0.05, 0) is 31.2 Å². The van der Waals surface area contributed by atoms with Crippen LogP contribution >= 0.6 is 11.6 Å². The Kier molecular flexibility index (Phi) is 5.99. The predicted octanol–water partition coefficient (Wildman–Crippen LogP) is 3.27. The molecule has 1 unspecified atom stereocenters. The summed E-state index contributed by atoms with van der Waals surface area (Å²) in [7, 11) is 0. The molecule has 4 rings (SSSR count). The van der Waals surface area contributed by atoms with Gasteiger partial charge in [0.1, 0.15) is 16.5 Å². The summed E-state index contributed by atoms with van der Waals surface area (Å²) in [4.78, 5) is 15.0. The zero-order chi connectivity index (χ0) is 20.2. The van der Waals surface area contributed by atoms with Crippen molar-refractivity contribution in [1.82, 2.24) is 14.7 Å². The Morgan fingerprint density at radius 2 is 1.93 bits per heavy atom. The molecule has 29 heavy (non-hydrogen) atoms. The maximum absolute atomic E-state index is 12.7. The van der Waals surface area contributed by atoms with Gasteiger partial charge in [0.15, 0.2) is 0 Å². The van der Waals surface area contributed by atoms with E-state index >= 15 is 0 Å². The molecule has 3 aromatic rings. The summed E-state index contributed by atoms with van der Waals surface area (Å²) in [6.07, 6.45) is 1.58. The molecule has 3 heterocycles. The molecule has 1 aliphatic heterocycles. The second-order valence-corrected chi connectivity index (χ2v) is 7.30. The zero-order valence-corrected chi connectivity index (χ0v) is 16.9. The number of ether oxygens (including phenoxy) is 1. The average Bonchev–Trinajstić information content (AvgIpc) is 3.18. The lowest BCUT2D eigenvalue weighted by molar-refractivity contribution is 0.0143. The van der Waals surface area contributed by atoms with Gasteiger partial charge in [0.05, 0.1) is 36.8 Å². The highest BCUT2D eigenvalue weighted by atomic mass is 35.5. The molecule has 0 radical (unpaired) electrons. The first-order valence-electron chi connectivity index (χ1n) is 9.59. The van der Waals surface area contributed by atoms with Crippen LogP contribution in [0.4, 0.5) is 5.69 Å². The van der Waals surface area contributed by atoms with Crippen LogP contribution in [0.5, 0.6) is 0 Å². The van der Waals surface area contributed by atoms with Crippen molar-refractivity contribution in [2.45, 2.75) is 13.0 Å². The number of hydrogen-bond donors (Lipinski definition) is 1. The third-order valence-corrected chi connectivity index (χ3v) is 5.35. The summed E-state index contributed by atoms with van der Waals surface area (Å²) in [5, 5.41) is 7.68. The van der Waals surface area contributed by atoms with Crippen LogP contribution in [0.2, 0.25) is 5.02 Å². The summed E-state index contributed by atoms with van der Waals surface area (Å²) in [6, 6.07) is 13.2. The quantitative estimate of drug-likeness (QED) is 0.667. The van der Waals surface area contributed by atoms with Gasteiger partial charge in [-0.15, -0.1) is 0 Å². The Hall–Kier alpha value is -2.61. The average molecular weight is 415 g/mol. The monoisotopic (exact) mass is 414 g/mol. The topological polar surface area (TPSA) is 72.5 Å². The van der Waals surface area contributed by atoms with Gasteiger partial charge in [-0.25, -0.2) is 0 Å². The Labute approximate surface area is 173 Å². The van der Waals surface area contributed by atoms with Gasteiger partial charge in [0.2, 0.25) is 0 Å². The number of benzene rings is 1. The lowest BCUT2D eigenvalue weighted by Gasteiger charge is -2.33. The fourth-order valence-electron chi connectivity index (χ4n) is 3.45. The predicted molar refractivity (Wildman–Crippen MR) is 112 cm³/mol. The molecule has 1 atom stereocenters. The van der Waals surface area contributed by atoms with Crippen LogP contribution in [-0.2, 0) is 4.74 Å². The largest absolute Gasteiger partial charge is 0.465 e. The highest BCUT2D eigenvalue weighted by Gasteiger charge is 2.25. The van der Waals surface area contributed by atoms with E-state index in [1.807, 2.05) is 49.4 Å². The van der Waals surface area contributed by atoms with Crippen molar-refractivity contribution in [2.24, 2.45) is 0 Å². The van der Waals surface area contributed by atoms with Gasteiger partial charge in [-0.2, -0.15) is 9.78 Å². The Morgan fingerprint density at radius 3 is 2.62 bits per heavy atom. The Bertz CT molecular complexity index is 1010. The molecule has 1 aliphatic rings. The van der Waals surface area contributed by atoms with Gasteiger partial charge < -0.3 is 14.5 Å². The number of morpholine rings is 1. The minimum Gasteiger partial charge on any atom is -0.465 e. The minimum absolute atomic E-state index is 0.000205. The van der Waals surface area contributed by atoms with Crippen LogP contribution in [0.25, 0.3) is 5.69 Å². The number of rotatable bonds is 6. The van der Waals surface area contributed by atoms with E-state index in [-0.39, 0.29) is 16.6 Å². The van der Waals surface area contributed by atoms with Crippen LogP contribution < -0.4 is 10.9 Å². The molecule has 7 nitrogen and oxygen atoms in total. The summed E-state index contributed by atoms with van der Waals surface area (Å²) in [6.45, 7) is 5.46. The van der Waals surface area contributed by atoms with E-state index in [4.69, 9.17) is 20.8 Å². The molecule has 0 spiro atoms. The molecular formula is C21H23ClN4O3. The molecular weight excluding hydrogens is 392 g/mol. The zero-order valence-electron chi connectivity index (χ0n) is 16.2. The number of aryl methyl sites for hydroxylation is 1. The standard InChI is InChI=1S/C21H23ClN4O3/c1-15-7-8-19(29-15)18(25-9-11-28-12-10-25)14-23-17-13-24-26(21(27)20(17)22)16-5-3-2-4-6-16/h2-8,13,18,23H,9-12,14H2,1H3. The second-order valence-electron chi connectivity index (χ2n) is 6.92. The number of hydrogen-bond acceptors (Lipinski definition) is 6. The van der Waals surface area contributed by atoms with Crippen molar-refractivity contribution >= 4 is 17.3 Å². The molecule has 0 bridgehead atoms. The van der Waals surface area contributed by atoms with Crippen molar-refractivity contribution in [3.8, 4) is 5.69 Å². The summed E-state index contributed by atoms with van der Waals surface area (Å²) < 4.78 is 12.7. The molecule has 2 aromatic heterocycles. The lowest BCUT2D eigenvalue weighted by atomic mass is 10.1. The van der Waals surface area contributed by atoms with Crippen LogP contribution in [-0.4, -0.2) is 47.5 Å². The normalized spacial score (nSPS) is 15.9. The maximum Gasteiger partial charge on any atom is 0.292 e. The van der Waals surface area contributed by atoms with Crippen molar-refractivity contribution in [1.29, 1.82) is 0 Å². The third-order valence-electron chi connectivity index (χ3n) is 4.98. The van der Waals surface area contributed by atoms with Gasteiger partial charge in [-0.3, -0.25) is 9.69 Å². The number of nitrogens with zero attached hydrogens (tertiary/aromatic N) is 3. The van der Waals surface area contributed by atoms with Crippen molar-refractivity contribution in [3.63, 3.8) is 0 Å². The summed E-state index contributed by atoms with van der Waals surface area (Å²) in [5.74, 6) is 1.74. The number of furan rings is 1. The number of anilines is 1. The van der Waals surface area contributed by atoms with Gasteiger partial charge in [0.25, 0.3) is 5.56 Å². The third kappa shape index (κ3) is 4.37. The first kappa shape index (κ1) is 19.7. The van der Waals surface area contributed by atoms with Gasteiger partial charge >= 0.3 is 0 Å². The van der Waals surface area contributed by atoms with Crippen molar-refractivity contribution in [2.75, 3.05) is 38.2 Å². The molecule has 152 valence electrons. The van der Waals surface area contributed by atoms with Crippen LogP contribution in [0.3, 0.4) is 0 Å². The molecule has 0 aliphatic carbocycles. The van der Waals surface area contributed by atoms with E-state index in [1.165, 1.54) is 4.68 Å². The Morgan fingerprint density at radius 1 is 1.17 bits per heavy atom. The van der Waals surface area contributed by atoms with Gasteiger partial charge in [0, 0.05) is 19.6 Å². The molecule has 1 N–H and O–H groups in total. The van der Waals surface area contributed by atoms with E-state index in [2.05, 4.69) is 15.3 Å². The SMILES string of the molecule is Cc1ccc(C(CNc2cnn(-c3ccccc3)c(=O)c2Cl)N2CCOCC2)o1. The number of para-hydroxylation sites is 1. The maximum atomic E-state index is 12.7. The molecule has 0 amide bonds. The molecule has 1 fully saturated rings. The fourth-order valence-corrected chi connectivity index (χ4v) is 3.64. The molecule has 1 aromatic carbocycles. The van der Waals surface area contributed by atoms with Crippen LogP contribution in [0.15, 0.2) is 57.9 Å². The van der Waals surface area contributed by atoms with Crippen molar-refractivity contribution < 1.29 is 9.15 Å². The number of aromatic nitrogens is 2. The van der Waals surface area contributed by atoms with E-state index in [0.717, 1.165) is 24.6 Å². The van der Waals surface area contributed by atoms with Crippen molar-refractivity contribution in [3.05, 3.63) is 75.6 Å². The van der Waals surface area contributed by atoms with Crippen LogP contribution in [0, 0.1) is 6.92 Å². The lowest BCUT2D eigenvalue weighted by Crippen LogP contribution is -2.41.